The summed E-state index contributed by atoms with van der Waals surface area (Å²) in [4.78, 5) is 4.60. The minimum Gasteiger partial charge on any atom is -0.497 e. The minimum atomic E-state index is 0.652. The number of nitrogen functional groups attached to an aromatic ring is 1. The third-order valence-electron chi connectivity index (χ3n) is 4.15. The summed E-state index contributed by atoms with van der Waals surface area (Å²) in [7, 11) is 1.66. The normalized spacial score (nSPS) is 10.7. The van der Waals surface area contributed by atoms with Crippen LogP contribution in [0, 0.1) is 0 Å². The van der Waals surface area contributed by atoms with Crippen molar-refractivity contribution in [3.63, 3.8) is 0 Å². The average molecular weight is 360 g/mol. The first-order chi connectivity index (χ1) is 13.2. The average Bonchev–Trinajstić information content (AvgIpc) is 3.16. The summed E-state index contributed by atoms with van der Waals surface area (Å²) >= 11 is 0. The van der Waals surface area contributed by atoms with E-state index >= 15 is 0 Å². The van der Waals surface area contributed by atoms with Gasteiger partial charge in [-0.3, -0.25) is 0 Å². The Balaban J connectivity index is 1.57. The van der Waals surface area contributed by atoms with Gasteiger partial charge in [-0.15, -0.1) is 0 Å². The SMILES string of the molecule is COc1ccc(CNc2cc(Nc3cccc(N)c3)n3nccc3n2)cc1. The number of methoxy groups -OCH3 is 1. The molecule has 7 heteroatoms. The van der Waals surface area contributed by atoms with Crippen molar-refractivity contribution in [1.82, 2.24) is 14.6 Å². The molecule has 2 heterocycles. The highest BCUT2D eigenvalue weighted by molar-refractivity contribution is 5.66. The van der Waals surface area contributed by atoms with Gasteiger partial charge in [0.2, 0.25) is 0 Å². The van der Waals surface area contributed by atoms with Gasteiger partial charge in [0.1, 0.15) is 17.4 Å². The third-order valence-corrected chi connectivity index (χ3v) is 4.15. The van der Waals surface area contributed by atoms with Crippen molar-refractivity contribution in [2.75, 3.05) is 23.5 Å². The topological polar surface area (TPSA) is 89.5 Å². The Bertz CT molecular complexity index is 1060. The lowest BCUT2D eigenvalue weighted by Crippen LogP contribution is -2.06. The third kappa shape index (κ3) is 3.77. The molecule has 0 aliphatic heterocycles. The molecular weight excluding hydrogens is 340 g/mol. The Labute approximate surface area is 156 Å². The number of fused-ring (bicyclic) bond motifs is 1. The molecule has 0 atom stereocenters. The molecule has 0 aliphatic rings. The first kappa shape index (κ1) is 16.7. The van der Waals surface area contributed by atoms with E-state index in [2.05, 4.69) is 20.7 Å². The first-order valence-electron chi connectivity index (χ1n) is 8.55. The van der Waals surface area contributed by atoms with E-state index in [0.717, 1.165) is 34.3 Å². The summed E-state index contributed by atoms with van der Waals surface area (Å²) in [6.45, 7) is 0.652. The zero-order valence-corrected chi connectivity index (χ0v) is 14.9. The lowest BCUT2D eigenvalue weighted by atomic mass is 10.2. The number of hydrogen-bond acceptors (Lipinski definition) is 6. The van der Waals surface area contributed by atoms with E-state index in [0.29, 0.717) is 12.2 Å². The number of nitrogens with zero attached hydrogens (tertiary/aromatic N) is 3. The summed E-state index contributed by atoms with van der Waals surface area (Å²) in [5, 5.41) is 11.0. The van der Waals surface area contributed by atoms with Crippen LogP contribution in [0.2, 0.25) is 0 Å². The van der Waals surface area contributed by atoms with Crippen molar-refractivity contribution in [2.24, 2.45) is 0 Å². The van der Waals surface area contributed by atoms with Crippen LogP contribution in [-0.2, 0) is 6.54 Å². The Kier molecular flexibility index (Phi) is 4.49. The molecule has 4 aromatic rings. The highest BCUT2D eigenvalue weighted by Gasteiger charge is 2.07. The van der Waals surface area contributed by atoms with Crippen LogP contribution < -0.4 is 21.1 Å². The number of benzene rings is 2. The summed E-state index contributed by atoms with van der Waals surface area (Å²) in [5.74, 6) is 2.39. The van der Waals surface area contributed by atoms with Crippen molar-refractivity contribution >= 4 is 28.7 Å². The van der Waals surface area contributed by atoms with Gasteiger partial charge in [-0.2, -0.15) is 9.61 Å². The van der Waals surface area contributed by atoms with Crippen LogP contribution >= 0.6 is 0 Å². The molecule has 4 N–H and O–H groups in total. The fraction of sp³-hybridized carbons (Fsp3) is 0.100. The van der Waals surface area contributed by atoms with Crippen molar-refractivity contribution in [3.05, 3.63) is 72.4 Å². The van der Waals surface area contributed by atoms with E-state index < -0.39 is 0 Å². The Hall–Kier alpha value is -3.74. The maximum Gasteiger partial charge on any atom is 0.159 e. The smallest absolute Gasteiger partial charge is 0.159 e. The van der Waals surface area contributed by atoms with Crippen molar-refractivity contribution in [1.29, 1.82) is 0 Å². The van der Waals surface area contributed by atoms with Crippen molar-refractivity contribution in [3.8, 4) is 5.75 Å². The first-order valence-corrected chi connectivity index (χ1v) is 8.55. The maximum atomic E-state index is 5.87. The highest BCUT2D eigenvalue weighted by atomic mass is 16.5. The molecule has 4 rings (SSSR count). The molecular formula is C20H20N6O. The van der Waals surface area contributed by atoms with E-state index in [1.807, 2.05) is 60.7 Å². The molecule has 2 aromatic carbocycles. The van der Waals surface area contributed by atoms with E-state index in [1.54, 1.807) is 17.8 Å². The van der Waals surface area contributed by atoms with Crippen LogP contribution in [0.25, 0.3) is 5.65 Å². The number of nitrogens with two attached hydrogens (primary N) is 1. The van der Waals surface area contributed by atoms with Crippen LogP contribution in [0.5, 0.6) is 5.75 Å². The summed E-state index contributed by atoms with van der Waals surface area (Å²) in [6, 6.07) is 19.3. The van der Waals surface area contributed by atoms with Gasteiger partial charge < -0.3 is 21.1 Å². The standard InChI is InChI=1S/C20H20N6O/c1-27-17-7-5-14(6-8-17)13-22-18-12-20(26-19(25-18)9-10-23-26)24-16-4-2-3-15(21)11-16/h2-12,24H,13,21H2,1H3,(H,22,25). The van der Waals surface area contributed by atoms with Crippen LogP contribution in [0.15, 0.2) is 66.9 Å². The molecule has 0 radical (unpaired) electrons. The molecule has 0 fully saturated rings. The zero-order valence-electron chi connectivity index (χ0n) is 14.9. The van der Waals surface area contributed by atoms with Gasteiger partial charge in [0.15, 0.2) is 5.65 Å². The van der Waals surface area contributed by atoms with Gasteiger partial charge in [0.05, 0.1) is 13.3 Å². The van der Waals surface area contributed by atoms with Gasteiger partial charge in [0.25, 0.3) is 0 Å². The number of anilines is 4. The summed E-state index contributed by atoms with van der Waals surface area (Å²) in [5.41, 5.74) is 9.34. The molecule has 0 saturated heterocycles. The second kappa shape index (κ2) is 7.25. The molecule has 0 aliphatic carbocycles. The van der Waals surface area contributed by atoms with Gasteiger partial charge in [-0.25, -0.2) is 4.98 Å². The van der Waals surface area contributed by atoms with Crippen molar-refractivity contribution in [2.45, 2.75) is 6.54 Å². The summed E-state index contributed by atoms with van der Waals surface area (Å²) in [6.07, 6.45) is 1.72. The number of aromatic nitrogens is 3. The maximum absolute atomic E-state index is 5.87. The molecule has 136 valence electrons. The second-order valence-corrected chi connectivity index (χ2v) is 6.08. The van der Waals surface area contributed by atoms with Gasteiger partial charge >= 0.3 is 0 Å². The molecule has 0 saturated carbocycles. The molecule has 2 aromatic heterocycles. The summed E-state index contributed by atoms with van der Waals surface area (Å²) < 4.78 is 6.94. The largest absolute Gasteiger partial charge is 0.497 e. The molecule has 7 nitrogen and oxygen atoms in total. The highest BCUT2D eigenvalue weighted by Crippen LogP contribution is 2.22. The van der Waals surface area contributed by atoms with Crippen LogP contribution in [-0.4, -0.2) is 21.7 Å². The van der Waals surface area contributed by atoms with E-state index in [4.69, 9.17) is 10.5 Å². The minimum absolute atomic E-state index is 0.652. The number of ether oxygens (including phenoxy) is 1. The van der Waals surface area contributed by atoms with Crippen LogP contribution in [0.1, 0.15) is 5.56 Å². The molecule has 0 spiro atoms. The zero-order chi connectivity index (χ0) is 18.6. The van der Waals surface area contributed by atoms with Crippen LogP contribution in [0.3, 0.4) is 0 Å². The Morgan fingerprint density at radius 1 is 1.07 bits per heavy atom. The molecule has 0 amide bonds. The predicted octanol–water partition coefficient (Wildman–Crippen LogP) is 3.68. The predicted molar refractivity (Wildman–Crippen MR) is 107 cm³/mol. The van der Waals surface area contributed by atoms with Gasteiger partial charge in [0, 0.05) is 30.1 Å². The van der Waals surface area contributed by atoms with Crippen molar-refractivity contribution < 1.29 is 4.74 Å². The fourth-order valence-electron chi connectivity index (χ4n) is 2.79. The Morgan fingerprint density at radius 3 is 2.70 bits per heavy atom. The molecule has 0 unspecified atom stereocenters. The number of hydrogen-bond donors (Lipinski definition) is 3. The Morgan fingerprint density at radius 2 is 1.93 bits per heavy atom. The van der Waals surface area contributed by atoms with Crippen LogP contribution in [0.4, 0.5) is 23.0 Å². The monoisotopic (exact) mass is 360 g/mol. The quantitative estimate of drug-likeness (QED) is 0.455. The molecule has 27 heavy (non-hydrogen) atoms. The number of rotatable bonds is 6. The second-order valence-electron chi connectivity index (χ2n) is 6.08. The van der Waals surface area contributed by atoms with E-state index in [9.17, 15) is 0 Å². The van der Waals surface area contributed by atoms with E-state index in [-0.39, 0.29) is 0 Å². The van der Waals surface area contributed by atoms with Gasteiger partial charge in [-0.05, 0) is 35.9 Å². The van der Waals surface area contributed by atoms with E-state index in [1.165, 1.54) is 0 Å². The number of nitrogens with one attached hydrogen (secondary N) is 2. The lowest BCUT2D eigenvalue weighted by Gasteiger charge is -2.12. The van der Waals surface area contributed by atoms with Gasteiger partial charge in [-0.1, -0.05) is 18.2 Å². The fourth-order valence-corrected chi connectivity index (χ4v) is 2.79. The molecule has 0 bridgehead atoms. The lowest BCUT2D eigenvalue weighted by molar-refractivity contribution is 0.414.